The van der Waals surface area contributed by atoms with Crippen LogP contribution in [0, 0.1) is 50.0 Å². The molecule has 5 aliphatic rings. The van der Waals surface area contributed by atoms with Gasteiger partial charge in [0.15, 0.2) is 23.3 Å². The molecule has 3 saturated heterocycles. The van der Waals surface area contributed by atoms with Crippen LogP contribution in [0.4, 0.5) is 44.1 Å². The van der Waals surface area contributed by atoms with Crippen LogP contribution in [0.15, 0.2) is 134 Å². The summed E-state index contributed by atoms with van der Waals surface area (Å²) >= 11 is 0. The molecule has 15 rings (SSSR count). The normalized spacial score (nSPS) is 17.7. The van der Waals surface area contributed by atoms with Crippen LogP contribution in [-0.4, -0.2) is 191 Å². The summed E-state index contributed by atoms with van der Waals surface area (Å²) < 4.78 is 86.9. The number of halogens is 6. The Hall–Kier alpha value is -11.1. The lowest BCUT2D eigenvalue weighted by molar-refractivity contribution is -0.133. The predicted octanol–water partition coefficient (Wildman–Crippen LogP) is 11.0. The molecule has 24 nitrogen and oxygen atoms in total. The monoisotopic (exact) mass is 1450 g/mol. The Morgan fingerprint density at radius 1 is 0.462 bits per heavy atom. The van der Waals surface area contributed by atoms with Crippen LogP contribution >= 0.6 is 0 Å². The summed E-state index contributed by atoms with van der Waals surface area (Å²) in [5, 5.41) is 13.8. The van der Waals surface area contributed by atoms with Crippen molar-refractivity contribution in [3.63, 3.8) is 0 Å². The van der Waals surface area contributed by atoms with Crippen LogP contribution < -0.4 is 14.7 Å². The van der Waals surface area contributed by atoms with Crippen molar-refractivity contribution in [3.05, 3.63) is 186 Å². The van der Waals surface area contributed by atoms with Crippen molar-refractivity contribution in [2.45, 2.75) is 116 Å². The summed E-state index contributed by atoms with van der Waals surface area (Å²) in [6, 6.07) is 25.6. The fourth-order valence-electron chi connectivity index (χ4n) is 14.0. The van der Waals surface area contributed by atoms with Crippen molar-refractivity contribution in [1.29, 1.82) is 0 Å². The highest BCUT2D eigenvalue weighted by Crippen LogP contribution is 2.41. The first-order valence-corrected chi connectivity index (χ1v) is 35.9. The number of amides is 3. The van der Waals surface area contributed by atoms with Gasteiger partial charge in [0, 0.05) is 151 Å². The van der Waals surface area contributed by atoms with E-state index in [-0.39, 0.29) is 92.3 Å². The summed E-state index contributed by atoms with van der Waals surface area (Å²) in [7, 11) is 0. The number of nitrogens with zero attached hydrogens (tertiary/aromatic N) is 21. The van der Waals surface area contributed by atoms with Gasteiger partial charge in [-0.05, 0) is 166 Å². The Labute approximate surface area is 609 Å². The summed E-state index contributed by atoms with van der Waals surface area (Å²) in [5.41, 5.74) is 4.53. The minimum absolute atomic E-state index is 0.0305. The highest BCUT2D eigenvalue weighted by atomic mass is 19.3. The maximum Gasteiger partial charge on any atom is 0.248 e. The van der Waals surface area contributed by atoms with Gasteiger partial charge in [0.1, 0.15) is 66.1 Å². The Morgan fingerprint density at radius 3 is 1.41 bits per heavy atom. The van der Waals surface area contributed by atoms with E-state index in [0.717, 1.165) is 48.2 Å². The van der Waals surface area contributed by atoms with Crippen molar-refractivity contribution < 1.29 is 40.7 Å². The number of aromatic nitrogens is 15. The van der Waals surface area contributed by atoms with Gasteiger partial charge in [-0.3, -0.25) is 14.4 Å². The number of rotatable bonds is 15. The molecule has 3 aromatic carbocycles. The Morgan fingerprint density at radius 2 is 0.925 bits per heavy atom. The number of hydrogen-bond acceptors (Lipinski definition) is 18. The van der Waals surface area contributed by atoms with E-state index in [0.29, 0.717) is 153 Å². The fraction of sp³-hybridized carbons (Fsp3) is 0.408. The average molecular weight is 1450 g/mol. The summed E-state index contributed by atoms with van der Waals surface area (Å²) in [6.07, 6.45) is 14.3. The third-order valence-electron chi connectivity index (χ3n) is 20.0. The SMILES string of the molecule is Cc1cc(-c2nc(C3CCC(F)(F)CC3)n(CC(=O)N3CCN(c4ncccn4)CC3)n2)ccc1F.Cc1cc(-c2nc(C3CCCC(C)C3)n(CC(=O)N3CCN(c4ncccn4)CC3)n2)ccc1F.Cc1ccnc(N2CCN(C(=O)Cn3nc(-c4ccc(F)cc4)nc3-c3ccc(F)cn3)CC2)c1. The number of anilines is 3. The maximum absolute atomic E-state index is 13.8. The molecule has 5 fully saturated rings. The van der Waals surface area contributed by atoms with Crippen LogP contribution in [0.5, 0.6) is 0 Å². The Balaban J connectivity index is 0.000000141. The molecule has 552 valence electrons. The van der Waals surface area contributed by atoms with E-state index in [4.69, 9.17) is 10.1 Å². The third kappa shape index (κ3) is 18.0. The molecule has 2 saturated carbocycles. The van der Waals surface area contributed by atoms with E-state index in [1.165, 1.54) is 47.5 Å². The van der Waals surface area contributed by atoms with Gasteiger partial charge in [-0.2, -0.15) is 10.2 Å². The lowest BCUT2D eigenvalue weighted by atomic mass is 9.82. The van der Waals surface area contributed by atoms with E-state index in [9.17, 15) is 40.7 Å². The minimum atomic E-state index is -2.67. The van der Waals surface area contributed by atoms with Crippen molar-refractivity contribution in [1.82, 2.24) is 88.9 Å². The average Bonchev–Trinajstić information content (AvgIpc) is 1.66. The molecule has 10 heterocycles. The molecule has 2 unspecified atom stereocenters. The number of carbonyl (C=O) groups excluding carboxylic acids is 3. The first kappa shape index (κ1) is 73.3. The van der Waals surface area contributed by atoms with E-state index < -0.39 is 11.7 Å². The molecule has 3 aliphatic heterocycles. The number of hydrogen-bond donors (Lipinski definition) is 0. The topological polar surface area (TPSA) is 240 Å². The molecular weight excluding hydrogens is 1370 g/mol. The first-order chi connectivity index (χ1) is 51.2. The van der Waals surface area contributed by atoms with Crippen molar-refractivity contribution in [3.8, 4) is 45.7 Å². The van der Waals surface area contributed by atoms with Crippen molar-refractivity contribution >= 4 is 35.4 Å². The molecule has 30 heteroatoms. The number of aryl methyl sites for hydroxylation is 3. The van der Waals surface area contributed by atoms with Crippen molar-refractivity contribution in [2.75, 3.05) is 93.2 Å². The summed E-state index contributed by atoms with van der Waals surface area (Å²) in [6.45, 7) is 15.1. The Kier molecular flexibility index (Phi) is 22.8. The van der Waals surface area contributed by atoms with E-state index in [2.05, 4.69) is 66.8 Å². The molecule has 0 radical (unpaired) electrons. The predicted molar refractivity (Wildman–Crippen MR) is 385 cm³/mol. The van der Waals surface area contributed by atoms with Gasteiger partial charge in [0.2, 0.25) is 35.5 Å². The molecule has 0 bridgehead atoms. The van der Waals surface area contributed by atoms with E-state index in [1.807, 2.05) is 28.9 Å². The zero-order valence-electron chi connectivity index (χ0n) is 59.6. The van der Waals surface area contributed by atoms with Crippen LogP contribution in [0.1, 0.15) is 98.5 Å². The van der Waals surface area contributed by atoms with Gasteiger partial charge in [-0.1, -0.05) is 19.8 Å². The standard InChI is InChI=1S/C26H32FN7O.C25H28F3N7O.C25H23F2N7O/c1-18-5-3-6-21(15-18)25-30-24(20-7-8-22(27)19(2)16-20)31-34(25)17-23(35)32-11-13-33(14-12-32)26-28-9-4-10-29-26;1-17-15-19(3-4-20(17)26)22-31-23(18-5-7-25(27,28)8-6-18)35(32-22)16-21(36)33-11-13-34(14-12-33)24-29-9-2-10-30-24;1-17-8-9-28-22(14-17)32-10-12-33(13-11-32)23(35)16-34-25(21-7-6-20(27)15-29-21)30-24(31-34)18-2-4-19(26)5-3-18/h4,7-10,16,18,21H,3,5-6,11-15,17H2,1-2H3;2-4,9-10,15,18H,5-8,11-14,16H2,1H3;2-9,14-15H,10-13,16H2,1H3. The van der Waals surface area contributed by atoms with Crippen LogP contribution in [0.25, 0.3) is 45.7 Å². The molecule has 106 heavy (non-hydrogen) atoms. The second-order valence-electron chi connectivity index (χ2n) is 27.6. The number of piperazine rings is 3. The molecule has 3 amide bonds. The molecule has 2 atom stereocenters. The maximum atomic E-state index is 13.8. The molecular formula is C76H83F6N21O3. The van der Waals surface area contributed by atoms with E-state index >= 15 is 0 Å². The Bertz CT molecular complexity index is 4650. The lowest BCUT2D eigenvalue weighted by Gasteiger charge is -2.35. The van der Waals surface area contributed by atoms with Crippen LogP contribution in [0.3, 0.4) is 0 Å². The number of pyridine rings is 2. The number of benzene rings is 3. The van der Waals surface area contributed by atoms with E-state index in [1.54, 1.807) is 113 Å². The van der Waals surface area contributed by atoms with Gasteiger partial charge >= 0.3 is 0 Å². The van der Waals surface area contributed by atoms with Gasteiger partial charge in [0.05, 0.1) is 6.20 Å². The van der Waals surface area contributed by atoms with Crippen molar-refractivity contribution in [2.24, 2.45) is 5.92 Å². The number of alkyl halides is 2. The first-order valence-electron chi connectivity index (χ1n) is 35.9. The number of carbonyl (C=O) groups is 3. The van der Waals surface area contributed by atoms with Crippen LogP contribution in [0.2, 0.25) is 0 Å². The van der Waals surface area contributed by atoms with Gasteiger partial charge in [0.25, 0.3) is 0 Å². The zero-order chi connectivity index (χ0) is 74.0. The molecule has 10 aromatic rings. The summed E-state index contributed by atoms with van der Waals surface area (Å²) in [5.74, 6) is 1.64. The second kappa shape index (κ2) is 32.9. The highest BCUT2D eigenvalue weighted by molar-refractivity contribution is 5.78. The second-order valence-corrected chi connectivity index (χ2v) is 27.6. The highest BCUT2D eigenvalue weighted by Gasteiger charge is 2.38. The molecule has 7 aromatic heterocycles. The van der Waals surface area contributed by atoms with Gasteiger partial charge in [-0.15, -0.1) is 5.10 Å². The van der Waals surface area contributed by atoms with Gasteiger partial charge in [-0.25, -0.2) is 85.2 Å². The minimum Gasteiger partial charge on any atom is -0.353 e. The molecule has 0 spiro atoms. The third-order valence-corrected chi connectivity index (χ3v) is 20.0. The van der Waals surface area contributed by atoms with Gasteiger partial charge < -0.3 is 29.4 Å². The zero-order valence-corrected chi connectivity index (χ0v) is 59.6. The largest absolute Gasteiger partial charge is 0.353 e. The molecule has 0 N–H and O–H groups in total. The molecule has 2 aliphatic carbocycles. The fourth-order valence-corrected chi connectivity index (χ4v) is 14.0. The lowest BCUT2D eigenvalue weighted by Crippen LogP contribution is -2.50. The summed E-state index contributed by atoms with van der Waals surface area (Å²) in [4.78, 5) is 91.2. The van der Waals surface area contributed by atoms with Crippen LogP contribution in [-0.2, 0) is 34.0 Å². The smallest absolute Gasteiger partial charge is 0.248 e. The quantitative estimate of drug-likeness (QED) is 0.0867.